The molecule has 1 aliphatic heterocycles. The summed E-state index contributed by atoms with van der Waals surface area (Å²) < 4.78 is 0. The first-order chi connectivity index (χ1) is 13.1. The molecular weight excluding hydrogens is 338 g/mol. The van der Waals surface area contributed by atoms with Gasteiger partial charge in [0.2, 0.25) is 0 Å². The van der Waals surface area contributed by atoms with Crippen molar-refractivity contribution in [3.63, 3.8) is 0 Å². The van der Waals surface area contributed by atoms with E-state index in [9.17, 15) is 4.79 Å². The summed E-state index contributed by atoms with van der Waals surface area (Å²) in [5, 5.41) is 7.48. The lowest BCUT2D eigenvalue weighted by Gasteiger charge is -2.33. The number of piperidine rings is 1. The first kappa shape index (κ1) is 17.4. The van der Waals surface area contributed by atoms with Crippen LogP contribution in [-0.2, 0) is 0 Å². The van der Waals surface area contributed by atoms with Gasteiger partial charge in [-0.2, -0.15) is 5.10 Å². The zero-order chi connectivity index (χ0) is 18.8. The number of rotatable bonds is 3. The quantitative estimate of drug-likeness (QED) is 0.775. The van der Waals surface area contributed by atoms with Gasteiger partial charge in [-0.05, 0) is 32.3 Å². The predicted octanol–water partition coefficient (Wildman–Crippen LogP) is 3.50. The van der Waals surface area contributed by atoms with Gasteiger partial charge in [-0.25, -0.2) is 9.97 Å². The van der Waals surface area contributed by atoms with E-state index in [1.807, 2.05) is 18.0 Å². The number of H-pyrrole nitrogens is 1. The molecule has 1 atom stereocenters. The van der Waals surface area contributed by atoms with E-state index in [2.05, 4.69) is 51.4 Å². The Balaban J connectivity index is 1.58. The highest BCUT2D eigenvalue weighted by atomic mass is 16.2. The average Bonchev–Trinajstić information content (AvgIpc) is 3.18. The van der Waals surface area contributed by atoms with Crippen molar-refractivity contribution in [2.75, 3.05) is 13.1 Å². The number of aromatic amines is 1. The highest BCUT2D eigenvalue weighted by Gasteiger charge is 2.29. The molecule has 6 nitrogen and oxygen atoms in total. The number of benzene rings is 1. The number of aryl methyl sites for hydroxylation is 2. The molecule has 138 valence electrons. The zero-order valence-corrected chi connectivity index (χ0v) is 15.6. The first-order valence-corrected chi connectivity index (χ1v) is 9.29. The second-order valence-electron chi connectivity index (χ2n) is 7.18. The van der Waals surface area contributed by atoms with Crippen molar-refractivity contribution in [2.45, 2.75) is 32.6 Å². The van der Waals surface area contributed by atoms with Crippen molar-refractivity contribution in [3.8, 4) is 11.1 Å². The third-order valence-electron chi connectivity index (χ3n) is 5.29. The van der Waals surface area contributed by atoms with E-state index in [4.69, 9.17) is 0 Å². The molecule has 0 aliphatic carbocycles. The summed E-state index contributed by atoms with van der Waals surface area (Å²) in [5.74, 6) is 0.251. The molecule has 0 bridgehead atoms. The molecule has 6 heteroatoms. The Labute approximate surface area is 158 Å². The summed E-state index contributed by atoms with van der Waals surface area (Å²) in [4.78, 5) is 23.0. The van der Waals surface area contributed by atoms with Gasteiger partial charge in [-0.1, -0.05) is 29.8 Å². The number of carbonyl (C=O) groups is 1. The maximum Gasteiger partial charge on any atom is 0.257 e. The molecule has 1 aromatic carbocycles. The molecule has 2 aromatic heterocycles. The average molecular weight is 361 g/mol. The van der Waals surface area contributed by atoms with Gasteiger partial charge < -0.3 is 4.90 Å². The van der Waals surface area contributed by atoms with E-state index in [1.54, 1.807) is 6.20 Å². The van der Waals surface area contributed by atoms with Crippen molar-refractivity contribution in [2.24, 2.45) is 0 Å². The monoisotopic (exact) mass is 361 g/mol. The summed E-state index contributed by atoms with van der Waals surface area (Å²) in [6, 6.07) is 8.47. The van der Waals surface area contributed by atoms with Gasteiger partial charge in [0.25, 0.3) is 5.91 Å². The van der Waals surface area contributed by atoms with Gasteiger partial charge in [0.15, 0.2) is 0 Å². The Morgan fingerprint density at radius 3 is 2.78 bits per heavy atom. The summed E-state index contributed by atoms with van der Waals surface area (Å²) in [6.45, 7) is 5.37. The van der Waals surface area contributed by atoms with Gasteiger partial charge in [0.05, 0.1) is 17.5 Å². The molecule has 0 spiro atoms. The number of amides is 1. The van der Waals surface area contributed by atoms with Crippen LogP contribution in [0.1, 0.15) is 46.1 Å². The number of likely N-dealkylation sites (tertiary alicyclic amines) is 1. The van der Waals surface area contributed by atoms with Crippen LogP contribution in [0.3, 0.4) is 0 Å². The topological polar surface area (TPSA) is 74.8 Å². The Bertz CT molecular complexity index is 947. The standard InChI is InChI=1S/C21H23N5O/c1-14-5-7-16(8-6-14)19-11-24-25-20(19)17-4-3-9-26(12-17)21(27)18-10-22-13-23-15(18)2/h5-8,10-11,13,17H,3-4,9,12H2,1-2H3,(H,24,25). The minimum atomic E-state index is 0.00852. The molecular formula is C21H23N5O. The fraction of sp³-hybridized carbons (Fsp3) is 0.333. The lowest BCUT2D eigenvalue weighted by molar-refractivity contribution is 0.0704. The number of aromatic nitrogens is 4. The molecule has 4 rings (SSSR count). The molecule has 1 saturated heterocycles. The Hall–Kier alpha value is -3.02. The van der Waals surface area contributed by atoms with E-state index in [0.29, 0.717) is 12.1 Å². The largest absolute Gasteiger partial charge is 0.338 e. The summed E-state index contributed by atoms with van der Waals surface area (Å²) in [7, 11) is 0. The zero-order valence-electron chi connectivity index (χ0n) is 15.6. The number of hydrogen-bond donors (Lipinski definition) is 1. The third-order valence-corrected chi connectivity index (χ3v) is 5.29. The van der Waals surface area contributed by atoms with Crippen LogP contribution in [0.4, 0.5) is 0 Å². The van der Waals surface area contributed by atoms with Crippen LogP contribution < -0.4 is 0 Å². The van der Waals surface area contributed by atoms with Crippen LogP contribution in [0.15, 0.2) is 43.0 Å². The van der Waals surface area contributed by atoms with Crippen LogP contribution >= 0.6 is 0 Å². The van der Waals surface area contributed by atoms with Crippen molar-refractivity contribution in [3.05, 3.63) is 65.5 Å². The van der Waals surface area contributed by atoms with Crippen LogP contribution in [0.2, 0.25) is 0 Å². The molecule has 3 aromatic rings. The molecule has 1 unspecified atom stereocenters. The molecule has 1 N–H and O–H groups in total. The van der Waals surface area contributed by atoms with Gasteiger partial charge in [0.1, 0.15) is 6.33 Å². The number of hydrogen-bond acceptors (Lipinski definition) is 4. The van der Waals surface area contributed by atoms with Crippen molar-refractivity contribution >= 4 is 5.91 Å². The molecule has 27 heavy (non-hydrogen) atoms. The smallest absolute Gasteiger partial charge is 0.257 e. The fourth-order valence-corrected chi connectivity index (χ4v) is 3.74. The first-order valence-electron chi connectivity index (χ1n) is 9.29. The second kappa shape index (κ2) is 7.31. The summed E-state index contributed by atoms with van der Waals surface area (Å²) in [5.41, 5.74) is 5.92. The van der Waals surface area contributed by atoms with Gasteiger partial charge in [-0.15, -0.1) is 0 Å². The lowest BCUT2D eigenvalue weighted by atomic mass is 9.90. The molecule has 0 radical (unpaired) electrons. The highest BCUT2D eigenvalue weighted by Crippen LogP contribution is 2.33. The van der Waals surface area contributed by atoms with E-state index in [1.165, 1.54) is 11.9 Å². The van der Waals surface area contributed by atoms with E-state index in [0.717, 1.165) is 41.9 Å². The lowest BCUT2D eigenvalue weighted by Crippen LogP contribution is -2.39. The molecule has 0 saturated carbocycles. The second-order valence-corrected chi connectivity index (χ2v) is 7.18. The van der Waals surface area contributed by atoms with E-state index in [-0.39, 0.29) is 11.8 Å². The summed E-state index contributed by atoms with van der Waals surface area (Å²) in [6.07, 6.45) is 6.98. The van der Waals surface area contributed by atoms with Crippen molar-refractivity contribution in [1.82, 2.24) is 25.1 Å². The Morgan fingerprint density at radius 1 is 1.19 bits per heavy atom. The molecule has 1 aliphatic rings. The number of nitrogens with one attached hydrogen (secondary N) is 1. The molecule has 3 heterocycles. The minimum Gasteiger partial charge on any atom is -0.338 e. The Morgan fingerprint density at radius 2 is 2.00 bits per heavy atom. The van der Waals surface area contributed by atoms with E-state index >= 15 is 0 Å². The van der Waals surface area contributed by atoms with Gasteiger partial charge in [0, 0.05) is 36.5 Å². The van der Waals surface area contributed by atoms with E-state index < -0.39 is 0 Å². The SMILES string of the molecule is Cc1ccc(-c2cn[nH]c2C2CCCN(C(=O)c3cncnc3C)C2)cc1. The third kappa shape index (κ3) is 3.47. The molecule has 1 fully saturated rings. The fourth-order valence-electron chi connectivity index (χ4n) is 3.74. The van der Waals surface area contributed by atoms with Crippen LogP contribution in [-0.4, -0.2) is 44.1 Å². The maximum absolute atomic E-state index is 12.9. The van der Waals surface area contributed by atoms with Gasteiger partial charge in [-0.3, -0.25) is 9.89 Å². The van der Waals surface area contributed by atoms with Crippen molar-refractivity contribution < 1.29 is 4.79 Å². The number of carbonyl (C=O) groups excluding carboxylic acids is 1. The normalized spacial score (nSPS) is 17.1. The highest BCUT2D eigenvalue weighted by molar-refractivity contribution is 5.95. The van der Waals surface area contributed by atoms with Crippen molar-refractivity contribution in [1.29, 1.82) is 0 Å². The Kier molecular flexibility index (Phi) is 4.71. The molecule has 1 amide bonds. The van der Waals surface area contributed by atoms with Crippen LogP contribution in [0, 0.1) is 13.8 Å². The minimum absolute atomic E-state index is 0.00852. The number of nitrogens with zero attached hydrogens (tertiary/aromatic N) is 4. The van der Waals surface area contributed by atoms with Crippen LogP contribution in [0.5, 0.6) is 0 Å². The van der Waals surface area contributed by atoms with Gasteiger partial charge >= 0.3 is 0 Å². The maximum atomic E-state index is 12.9. The summed E-state index contributed by atoms with van der Waals surface area (Å²) >= 11 is 0. The predicted molar refractivity (Wildman–Crippen MR) is 103 cm³/mol. The van der Waals surface area contributed by atoms with Crippen LogP contribution in [0.25, 0.3) is 11.1 Å².